The molecule has 6 nitrogen and oxygen atoms in total. The van der Waals surface area contributed by atoms with Crippen molar-refractivity contribution in [2.75, 3.05) is 0 Å². The van der Waals surface area contributed by atoms with E-state index in [1.807, 2.05) is 13.8 Å². The predicted octanol–water partition coefficient (Wildman–Crippen LogP) is 0.889. The first-order chi connectivity index (χ1) is 11.2. The molecule has 0 saturated heterocycles. The molecule has 0 aliphatic heterocycles. The van der Waals surface area contributed by atoms with Gasteiger partial charge in [-0.1, -0.05) is 32.0 Å². The number of nitrogens with one attached hydrogen (secondary N) is 2. The molecule has 0 aliphatic rings. The third-order valence-electron chi connectivity index (χ3n) is 3.44. The number of carbonyl (C=O) groups is 3. The molecular weight excluding hydrogens is 313 g/mol. The monoisotopic (exact) mass is 337 g/mol. The average molecular weight is 337 g/mol. The van der Waals surface area contributed by atoms with E-state index in [4.69, 9.17) is 5.73 Å². The minimum atomic E-state index is -0.992. The summed E-state index contributed by atoms with van der Waals surface area (Å²) in [5, 5.41) is 5.03. The number of halogens is 1. The maximum absolute atomic E-state index is 13.8. The smallest absolute Gasteiger partial charge is 0.243 e. The first kappa shape index (κ1) is 19.6. The Balaban J connectivity index is 2.90. The van der Waals surface area contributed by atoms with Gasteiger partial charge in [0, 0.05) is 13.3 Å². The lowest BCUT2D eigenvalue weighted by Crippen LogP contribution is -2.53. The van der Waals surface area contributed by atoms with Gasteiger partial charge in [-0.3, -0.25) is 14.4 Å². The molecule has 0 bridgehead atoms. The van der Waals surface area contributed by atoms with Gasteiger partial charge in [-0.25, -0.2) is 4.39 Å². The number of benzene rings is 1. The van der Waals surface area contributed by atoms with E-state index in [-0.39, 0.29) is 12.3 Å². The van der Waals surface area contributed by atoms with E-state index in [0.717, 1.165) is 0 Å². The summed E-state index contributed by atoms with van der Waals surface area (Å²) in [5.74, 6) is -1.96. The molecule has 0 unspecified atom stereocenters. The van der Waals surface area contributed by atoms with Crippen molar-refractivity contribution in [2.24, 2.45) is 11.7 Å². The van der Waals surface area contributed by atoms with E-state index in [1.54, 1.807) is 6.07 Å². The van der Waals surface area contributed by atoms with E-state index in [9.17, 15) is 18.8 Å². The highest BCUT2D eigenvalue weighted by atomic mass is 19.1. The van der Waals surface area contributed by atoms with Gasteiger partial charge in [-0.05, 0) is 24.0 Å². The van der Waals surface area contributed by atoms with Crippen LogP contribution in [0.5, 0.6) is 0 Å². The van der Waals surface area contributed by atoms with Crippen molar-refractivity contribution in [3.63, 3.8) is 0 Å². The van der Waals surface area contributed by atoms with Crippen LogP contribution in [0.25, 0.3) is 0 Å². The third kappa shape index (κ3) is 6.36. The van der Waals surface area contributed by atoms with Crippen molar-refractivity contribution in [1.82, 2.24) is 10.6 Å². The second-order valence-corrected chi connectivity index (χ2v) is 6.14. The number of rotatable bonds is 8. The minimum absolute atomic E-state index is 0.0226. The fourth-order valence-corrected chi connectivity index (χ4v) is 2.33. The van der Waals surface area contributed by atoms with E-state index in [0.29, 0.717) is 12.0 Å². The Morgan fingerprint density at radius 3 is 2.25 bits per heavy atom. The summed E-state index contributed by atoms with van der Waals surface area (Å²) in [6.45, 7) is 5.06. The van der Waals surface area contributed by atoms with Crippen LogP contribution >= 0.6 is 0 Å². The molecular formula is C17H24FN3O3. The van der Waals surface area contributed by atoms with Gasteiger partial charge < -0.3 is 16.4 Å². The van der Waals surface area contributed by atoms with E-state index in [1.165, 1.54) is 25.1 Å². The molecule has 1 aromatic carbocycles. The average Bonchev–Trinajstić information content (AvgIpc) is 2.47. The molecule has 0 spiro atoms. The largest absolute Gasteiger partial charge is 0.368 e. The van der Waals surface area contributed by atoms with Crippen LogP contribution in [-0.2, 0) is 20.8 Å². The molecule has 7 heteroatoms. The summed E-state index contributed by atoms with van der Waals surface area (Å²) in [4.78, 5) is 35.3. The van der Waals surface area contributed by atoms with Crippen molar-refractivity contribution in [3.8, 4) is 0 Å². The minimum Gasteiger partial charge on any atom is -0.368 e. The molecule has 0 aromatic heterocycles. The van der Waals surface area contributed by atoms with Gasteiger partial charge in [0.15, 0.2) is 0 Å². The van der Waals surface area contributed by atoms with Crippen LogP contribution in [0, 0.1) is 11.7 Å². The second-order valence-electron chi connectivity index (χ2n) is 6.14. The Hall–Kier alpha value is -2.44. The van der Waals surface area contributed by atoms with Gasteiger partial charge >= 0.3 is 0 Å². The standard InChI is InChI=1S/C17H24FN3O3/c1-10(2)8-14(16(19)23)21-17(24)15(20-11(3)22)9-12-6-4-5-7-13(12)18/h4-7,10,14-15H,8-9H2,1-3H3,(H2,19,23)(H,20,22)(H,21,24)/t14-,15+/m0/s1. The van der Waals surface area contributed by atoms with Crippen molar-refractivity contribution in [2.45, 2.75) is 45.7 Å². The van der Waals surface area contributed by atoms with Crippen LogP contribution in [0.1, 0.15) is 32.8 Å². The van der Waals surface area contributed by atoms with Gasteiger partial charge in [-0.2, -0.15) is 0 Å². The SMILES string of the molecule is CC(=O)N[C@H](Cc1ccccc1F)C(=O)N[C@@H](CC(C)C)C(N)=O. The molecule has 1 rings (SSSR count). The Morgan fingerprint density at radius 2 is 1.75 bits per heavy atom. The molecule has 2 atom stereocenters. The quantitative estimate of drug-likeness (QED) is 0.656. The van der Waals surface area contributed by atoms with Crippen LogP contribution in [0.15, 0.2) is 24.3 Å². The first-order valence-electron chi connectivity index (χ1n) is 7.81. The van der Waals surface area contributed by atoms with Crippen molar-refractivity contribution >= 4 is 17.7 Å². The molecule has 0 aliphatic carbocycles. The molecule has 1 aromatic rings. The number of carbonyl (C=O) groups excluding carboxylic acids is 3. The lowest BCUT2D eigenvalue weighted by Gasteiger charge is -2.22. The highest BCUT2D eigenvalue weighted by Gasteiger charge is 2.26. The maximum atomic E-state index is 13.8. The zero-order chi connectivity index (χ0) is 18.3. The molecule has 24 heavy (non-hydrogen) atoms. The van der Waals surface area contributed by atoms with Crippen molar-refractivity contribution in [1.29, 1.82) is 0 Å². The van der Waals surface area contributed by atoms with Crippen LogP contribution in [0.3, 0.4) is 0 Å². The van der Waals surface area contributed by atoms with Crippen LogP contribution in [-0.4, -0.2) is 29.8 Å². The molecule has 132 valence electrons. The lowest BCUT2D eigenvalue weighted by atomic mass is 10.0. The predicted molar refractivity (Wildman–Crippen MR) is 88.3 cm³/mol. The van der Waals surface area contributed by atoms with E-state index < -0.39 is 35.6 Å². The molecule has 0 radical (unpaired) electrons. The summed E-state index contributed by atoms with van der Waals surface area (Å²) in [7, 11) is 0. The fraction of sp³-hybridized carbons (Fsp3) is 0.471. The van der Waals surface area contributed by atoms with Gasteiger partial charge in [0.05, 0.1) is 0 Å². The summed E-state index contributed by atoms with van der Waals surface area (Å²) in [6.07, 6.45) is 0.360. The molecule has 4 N–H and O–H groups in total. The van der Waals surface area contributed by atoms with Crippen LogP contribution in [0.2, 0.25) is 0 Å². The zero-order valence-corrected chi connectivity index (χ0v) is 14.1. The highest BCUT2D eigenvalue weighted by Crippen LogP contribution is 2.10. The number of nitrogens with two attached hydrogens (primary N) is 1. The van der Waals surface area contributed by atoms with Gasteiger partial charge in [0.1, 0.15) is 17.9 Å². The number of hydrogen-bond acceptors (Lipinski definition) is 3. The Kier molecular flexibility index (Phi) is 7.35. The van der Waals surface area contributed by atoms with Crippen molar-refractivity contribution < 1.29 is 18.8 Å². The number of primary amides is 1. The molecule has 0 heterocycles. The number of hydrogen-bond donors (Lipinski definition) is 3. The normalized spacial score (nSPS) is 13.2. The Bertz CT molecular complexity index is 604. The summed E-state index contributed by atoms with van der Waals surface area (Å²) in [5.41, 5.74) is 5.61. The maximum Gasteiger partial charge on any atom is 0.243 e. The molecule has 0 fully saturated rings. The third-order valence-corrected chi connectivity index (χ3v) is 3.44. The molecule has 0 saturated carbocycles. The fourth-order valence-electron chi connectivity index (χ4n) is 2.33. The summed E-state index contributed by atoms with van der Waals surface area (Å²) in [6, 6.07) is 4.17. The van der Waals surface area contributed by atoms with E-state index >= 15 is 0 Å². The second kappa shape index (κ2) is 9.00. The first-order valence-corrected chi connectivity index (χ1v) is 7.81. The molecule has 3 amide bonds. The summed E-state index contributed by atoms with van der Waals surface area (Å²) < 4.78 is 13.8. The zero-order valence-electron chi connectivity index (χ0n) is 14.1. The van der Waals surface area contributed by atoms with Gasteiger partial charge in [-0.15, -0.1) is 0 Å². The highest BCUT2D eigenvalue weighted by molar-refractivity contribution is 5.91. The Morgan fingerprint density at radius 1 is 1.12 bits per heavy atom. The topological polar surface area (TPSA) is 101 Å². The van der Waals surface area contributed by atoms with E-state index in [2.05, 4.69) is 10.6 Å². The van der Waals surface area contributed by atoms with Crippen LogP contribution < -0.4 is 16.4 Å². The number of amides is 3. The lowest BCUT2D eigenvalue weighted by molar-refractivity contribution is -0.131. The Labute approximate surface area is 141 Å². The summed E-state index contributed by atoms with van der Waals surface area (Å²) >= 11 is 0. The van der Waals surface area contributed by atoms with Gasteiger partial charge in [0.2, 0.25) is 17.7 Å². The van der Waals surface area contributed by atoms with Crippen LogP contribution in [0.4, 0.5) is 4.39 Å². The van der Waals surface area contributed by atoms with Crippen molar-refractivity contribution in [3.05, 3.63) is 35.6 Å². The van der Waals surface area contributed by atoms with Gasteiger partial charge in [0.25, 0.3) is 0 Å².